The third kappa shape index (κ3) is 7.03. The third-order valence-electron chi connectivity index (χ3n) is 3.35. The summed E-state index contributed by atoms with van der Waals surface area (Å²) in [6, 6.07) is 6.84. The number of nitrogens with one attached hydrogen (secondary N) is 1. The van der Waals surface area contributed by atoms with E-state index < -0.39 is 5.97 Å². The molecule has 0 aliphatic heterocycles. The van der Waals surface area contributed by atoms with Gasteiger partial charge in [0.2, 0.25) is 5.91 Å². The zero-order valence-corrected chi connectivity index (χ0v) is 16.7. The molecule has 2 rings (SSSR count). The van der Waals surface area contributed by atoms with E-state index in [-0.39, 0.29) is 24.1 Å². The van der Waals surface area contributed by atoms with Gasteiger partial charge in [-0.3, -0.25) is 9.59 Å². The van der Waals surface area contributed by atoms with E-state index in [0.717, 1.165) is 9.90 Å². The van der Waals surface area contributed by atoms with E-state index in [9.17, 15) is 14.4 Å². The summed E-state index contributed by atoms with van der Waals surface area (Å²) in [6.45, 7) is 2.47. The molecule has 0 atom stereocenters. The standard InChI is InChI=1S/C18H20N2O5S2/c1-3-25-16(22)8-14-10-26-18(20-14)27-11-15(21)19-9-12-4-6-13(7-5-12)17(23)24-2/h4-7,10H,3,8-9,11H2,1-2H3,(H,19,21). The van der Waals surface area contributed by atoms with E-state index in [1.807, 2.05) is 0 Å². The summed E-state index contributed by atoms with van der Waals surface area (Å²) < 4.78 is 10.3. The van der Waals surface area contributed by atoms with Gasteiger partial charge in [0.1, 0.15) is 0 Å². The lowest BCUT2D eigenvalue weighted by Gasteiger charge is -2.05. The van der Waals surface area contributed by atoms with Gasteiger partial charge in [-0.1, -0.05) is 23.9 Å². The molecular weight excluding hydrogens is 388 g/mol. The second kappa shape index (κ2) is 10.7. The Bertz CT molecular complexity index is 789. The molecule has 2 aromatic rings. The fraction of sp³-hybridized carbons (Fsp3) is 0.333. The van der Waals surface area contributed by atoms with Crippen LogP contribution in [0.3, 0.4) is 0 Å². The number of ether oxygens (including phenoxy) is 2. The highest BCUT2D eigenvalue weighted by Crippen LogP contribution is 2.22. The highest BCUT2D eigenvalue weighted by atomic mass is 32.2. The molecule has 1 aromatic heterocycles. The SMILES string of the molecule is CCOC(=O)Cc1csc(SCC(=O)NCc2ccc(C(=O)OC)cc2)n1. The Morgan fingerprint density at radius 1 is 1.22 bits per heavy atom. The van der Waals surface area contributed by atoms with Crippen molar-refractivity contribution >= 4 is 40.9 Å². The number of thiazole rings is 1. The number of benzene rings is 1. The van der Waals surface area contributed by atoms with Crippen LogP contribution < -0.4 is 5.32 Å². The summed E-state index contributed by atoms with van der Waals surface area (Å²) in [5.74, 6) is -0.602. The van der Waals surface area contributed by atoms with E-state index in [0.29, 0.717) is 24.4 Å². The smallest absolute Gasteiger partial charge is 0.337 e. The van der Waals surface area contributed by atoms with E-state index in [1.54, 1.807) is 36.6 Å². The fourth-order valence-electron chi connectivity index (χ4n) is 2.05. The monoisotopic (exact) mass is 408 g/mol. The average molecular weight is 409 g/mol. The molecule has 1 amide bonds. The van der Waals surface area contributed by atoms with Gasteiger partial charge in [-0.2, -0.15) is 0 Å². The first-order valence-corrected chi connectivity index (χ1v) is 10.0. The van der Waals surface area contributed by atoms with Gasteiger partial charge in [0.15, 0.2) is 4.34 Å². The lowest BCUT2D eigenvalue weighted by Crippen LogP contribution is -2.24. The van der Waals surface area contributed by atoms with Crippen molar-refractivity contribution in [2.75, 3.05) is 19.5 Å². The maximum atomic E-state index is 12.0. The van der Waals surface area contributed by atoms with Gasteiger partial charge in [-0.05, 0) is 24.6 Å². The normalized spacial score (nSPS) is 10.3. The van der Waals surface area contributed by atoms with Crippen LogP contribution in [0.25, 0.3) is 0 Å². The maximum Gasteiger partial charge on any atom is 0.337 e. The molecular formula is C18H20N2O5S2. The van der Waals surface area contributed by atoms with Crippen molar-refractivity contribution < 1.29 is 23.9 Å². The molecule has 0 radical (unpaired) electrons. The Hall–Kier alpha value is -2.39. The van der Waals surface area contributed by atoms with Crippen LogP contribution in [0.15, 0.2) is 34.0 Å². The number of hydrogen-bond donors (Lipinski definition) is 1. The molecule has 0 saturated heterocycles. The van der Waals surface area contributed by atoms with Gasteiger partial charge < -0.3 is 14.8 Å². The predicted molar refractivity (Wildman–Crippen MR) is 103 cm³/mol. The number of carbonyl (C=O) groups excluding carboxylic acids is 3. The number of thioether (sulfide) groups is 1. The Morgan fingerprint density at radius 3 is 2.63 bits per heavy atom. The molecule has 0 aliphatic rings. The highest BCUT2D eigenvalue weighted by molar-refractivity contribution is 8.01. The van der Waals surface area contributed by atoms with Gasteiger partial charge in [0.05, 0.1) is 37.1 Å². The largest absolute Gasteiger partial charge is 0.466 e. The predicted octanol–water partition coefficient (Wildman–Crippen LogP) is 2.44. The van der Waals surface area contributed by atoms with Crippen molar-refractivity contribution in [1.29, 1.82) is 0 Å². The number of rotatable bonds is 9. The quantitative estimate of drug-likeness (QED) is 0.503. The van der Waals surface area contributed by atoms with E-state index in [2.05, 4.69) is 15.0 Å². The molecule has 0 spiro atoms. The van der Waals surface area contributed by atoms with Crippen LogP contribution in [0.4, 0.5) is 0 Å². The number of hydrogen-bond acceptors (Lipinski definition) is 8. The van der Waals surface area contributed by atoms with Crippen LogP contribution in [-0.2, 0) is 32.0 Å². The number of aromatic nitrogens is 1. The van der Waals surface area contributed by atoms with Crippen molar-refractivity contribution in [3.05, 3.63) is 46.5 Å². The van der Waals surface area contributed by atoms with Crippen molar-refractivity contribution in [3.63, 3.8) is 0 Å². The first-order valence-electron chi connectivity index (χ1n) is 8.18. The Labute approximate surface area is 165 Å². The molecule has 7 nitrogen and oxygen atoms in total. The molecule has 1 N–H and O–H groups in total. The molecule has 1 aromatic carbocycles. The van der Waals surface area contributed by atoms with Crippen LogP contribution in [0, 0.1) is 0 Å². The minimum atomic E-state index is -0.396. The number of esters is 2. The maximum absolute atomic E-state index is 12.0. The van der Waals surface area contributed by atoms with Crippen LogP contribution in [0.2, 0.25) is 0 Å². The zero-order valence-electron chi connectivity index (χ0n) is 15.0. The summed E-state index contributed by atoms with van der Waals surface area (Å²) in [4.78, 5) is 39.1. The first-order chi connectivity index (χ1) is 13.0. The number of carbonyl (C=O) groups is 3. The van der Waals surface area contributed by atoms with Gasteiger partial charge in [0.25, 0.3) is 0 Å². The summed E-state index contributed by atoms with van der Waals surface area (Å²) in [7, 11) is 1.33. The molecule has 0 fully saturated rings. The molecule has 0 saturated carbocycles. The molecule has 9 heteroatoms. The van der Waals surface area contributed by atoms with Gasteiger partial charge >= 0.3 is 11.9 Å². The Morgan fingerprint density at radius 2 is 1.96 bits per heavy atom. The summed E-state index contributed by atoms with van der Waals surface area (Å²) >= 11 is 2.71. The Kier molecular flexibility index (Phi) is 8.28. The summed E-state index contributed by atoms with van der Waals surface area (Å²) in [5.41, 5.74) is 1.99. The van der Waals surface area contributed by atoms with Crippen molar-refractivity contribution in [3.8, 4) is 0 Å². The number of methoxy groups -OCH3 is 1. The lowest BCUT2D eigenvalue weighted by molar-refractivity contribution is -0.142. The minimum absolute atomic E-state index is 0.126. The summed E-state index contributed by atoms with van der Waals surface area (Å²) in [6.07, 6.45) is 0.138. The van der Waals surface area contributed by atoms with E-state index >= 15 is 0 Å². The van der Waals surface area contributed by atoms with Crippen molar-refractivity contribution in [2.45, 2.75) is 24.2 Å². The van der Waals surface area contributed by atoms with Crippen LogP contribution in [0.1, 0.15) is 28.5 Å². The number of nitrogens with zero attached hydrogens (tertiary/aromatic N) is 1. The van der Waals surface area contributed by atoms with Crippen molar-refractivity contribution in [2.24, 2.45) is 0 Å². The van der Waals surface area contributed by atoms with Crippen molar-refractivity contribution in [1.82, 2.24) is 10.3 Å². The van der Waals surface area contributed by atoms with E-state index in [4.69, 9.17) is 4.74 Å². The first kappa shape index (κ1) is 20.9. The molecule has 0 bridgehead atoms. The molecule has 0 aliphatic carbocycles. The zero-order chi connectivity index (χ0) is 19.6. The average Bonchev–Trinajstić information content (AvgIpc) is 3.12. The van der Waals surface area contributed by atoms with Gasteiger partial charge in [0, 0.05) is 11.9 Å². The highest BCUT2D eigenvalue weighted by Gasteiger charge is 2.10. The van der Waals surface area contributed by atoms with Crippen LogP contribution in [-0.4, -0.2) is 42.3 Å². The lowest BCUT2D eigenvalue weighted by atomic mass is 10.1. The minimum Gasteiger partial charge on any atom is -0.466 e. The molecule has 0 unspecified atom stereocenters. The third-order valence-corrected chi connectivity index (χ3v) is 5.42. The second-order valence-electron chi connectivity index (χ2n) is 5.34. The van der Waals surface area contributed by atoms with Gasteiger partial charge in [-0.15, -0.1) is 11.3 Å². The Balaban J connectivity index is 1.74. The number of amides is 1. The van der Waals surface area contributed by atoms with Gasteiger partial charge in [-0.25, -0.2) is 9.78 Å². The fourth-order valence-corrected chi connectivity index (χ4v) is 3.73. The second-order valence-corrected chi connectivity index (χ2v) is 7.42. The molecule has 1 heterocycles. The molecule has 27 heavy (non-hydrogen) atoms. The molecule has 144 valence electrons. The van der Waals surface area contributed by atoms with Crippen LogP contribution in [0.5, 0.6) is 0 Å². The topological polar surface area (TPSA) is 94.6 Å². The van der Waals surface area contributed by atoms with Crippen LogP contribution >= 0.6 is 23.1 Å². The summed E-state index contributed by atoms with van der Waals surface area (Å²) in [5, 5.41) is 4.61. The van der Waals surface area contributed by atoms with E-state index in [1.165, 1.54) is 30.2 Å².